The zero-order valence-electron chi connectivity index (χ0n) is 18.6. The van der Waals surface area contributed by atoms with E-state index in [1.54, 1.807) is 0 Å². The first-order valence-electron chi connectivity index (χ1n) is 11.6. The summed E-state index contributed by atoms with van der Waals surface area (Å²) < 4.78 is 2.36. The maximum atomic E-state index is 12.5. The van der Waals surface area contributed by atoms with E-state index in [0.29, 0.717) is 5.92 Å². The highest BCUT2D eigenvalue weighted by molar-refractivity contribution is 5.85. The summed E-state index contributed by atoms with van der Waals surface area (Å²) in [5.41, 5.74) is 6.72. The van der Waals surface area contributed by atoms with E-state index in [9.17, 15) is 10.0 Å². The molecule has 1 fully saturated rings. The van der Waals surface area contributed by atoms with Crippen molar-refractivity contribution in [1.82, 2.24) is 14.9 Å². The lowest BCUT2D eigenvalue weighted by molar-refractivity contribution is -0.135. The summed E-state index contributed by atoms with van der Waals surface area (Å²) in [4.78, 5) is 14.7. The Morgan fingerprint density at radius 3 is 2.24 bits per heavy atom. The van der Waals surface area contributed by atoms with Crippen molar-refractivity contribution in [3.63, 3.8) is 0 Å². The van der Waals surface area contributed by atoms with Gasteiger partial charge in [0.15, 0.2) is 0 Å². The third kappa shape index (κ3) is 4.42. The topological polar surface area (TPSA) is 57.5 Å². The van der Waals surface area contributed by atoms with Crippen LogP contribution in [0.1, 0.15) is 41.5 Å². The zero-order valence-corrected chi connectivity index (χ0v) is 18.6. The highest BCUT2D eigenvalue weighted by Crippen LogP contribution is 2.37. The van der Waals surface area contributed by atoms with E-state index in [0.717, 1.165) is 38.0 Å². The van der Waals surface area contributed by atoms with Crippen LogP contribution in [0.5, 0.6) is 0 Å². The van der Waals surface area contributed by atoms with Crippen LogP contribution in [0.25, 0.3) is 10.9 Å². The number of carbonyl (C=O) groups is 1. The van der Waals surface area contributed by atoms with E-state index in [4.69, 9.17) is 0 Å². The summed E-state index contributed by atoms with van der Waals surface area (Å²) in [6.07, 6.45) is 4.27. The molecule has 1 aliphatic heterocycles. The Morgan fingerprint density at radius 2 is 1.55 bits per heavy atom. The third-order valence-electron chi connectivity index (χ3n) is 6.82. The van der Waals surface area contributed by atoms with Crippen molar-refractivity contribution in [3.05, 3.63) is 108 Å². The summed E-state index contributed by atoms with van der Waals surface area (Å²) >= 11 is 0. The fourth-order valence-electron chi connectivity index (χ4n) is 5.20. The molecule has 1 atom stereocenters. The summed E-state index contributed by atoms with van der Waals surface area (Å²) in [5, 5.41) is 10.7. The van der Waals surface area contributed by atoms with Gasteiger partial charge in [-0.1, -0.05) is 78.9 Å². The number of nitrogens with zero attached hydrogens (tertiary/aromatic N) is 2. The number of amides is 1. The highest BCUT2D eigenvalue weighted by Gasteiger charge is 2.32. The number of rotatable bonds is 6. The number of hydrogen-bond donors (Lipinski definition) is 2. The molecule has 1 aromatic heterocycles. The van der Waals surface area contributed by atoms with Crippen LogP contribution in [0.2, 0.25) is 0 Å². The van der Waals surface area contributed by atoms with Crippen molar-refractivity contribution in [3.8, 4) is 0 Å². The molecule has 5 heteroatoms. The van der Waals surface area contributed by atoms with Crippen LogP contribution < -0.4 is 5.48 Å². The van der Waals surface area contributed by atoms with Crippen molar-refractivity contribution in [2.75, 3.05) is 13.1 Å². The molecule has 0 bridgehead atoms. The molecule has 1 aliphatic rings. The van der Waals surface area contributed by atoms with Crippen molar-refractivity contribution >= 4 is 16.8 Å². The Hall–Kier alpha value is -3.41. The van der Waals surface area contributed by atoms with Gasteiger partial charge in [-0.2, -0.15) is 0 Å². The van der Waals surface area contributed by atoms with Gasteiger partial charge in [-0.25, -0.2) is 5.48 Å². The summed E-state index contributed by atoms with van der Waals surface area (Å²) in [7, 11) is 0. The van der Waals surface area contributed by atoms with Crippen LogP contribution in [-0.4, -0.2) is 33.7 Å². The quantitative estimate of drug-likeness (QED) is 0.324. The van der Waals surface area contributed by atoms with Crippen LogP contribution in [0, 0.1) is 0 Å². The number of nitrogens with one attached hydrogen (secondary N) is 1. The number of piperidine rings is 1. The number of para-hydroxylation sites is 1. The normalized spacial score (nSPS) is 16.0. The molecule has 1 amide bonds. The molecule has 5 rings (SSSR count). The lowest BCUT2D eigenvalue weighted by atomic mass is 9.88. The second kappa shape index (κ2) is 9.61. The average Bonchev–Trinajstić information content (AvgIpc) is 3.24. The van der Waals surface area contributed by atoms with Crippen LogP contribution in [0.4, 0.5) is 0 Å². The summed E-state index contributed by atoms with van der Waals surface area (Å²) in [6.45, 7) is 2.46. The largest absolute Gasteiger partial charge is 0.343 e. The minimum absolute atomic E-state index is 0.376. The second-order valence-corrected chi connectivity index (χ2v) is 8.81. The first kappa shape index (κ1) is 21.4. The zero-order chi connectivity index (χ0) is 22.6. The van der Waals surface area contributed by atoms with E-state index in [-0.39, 0.29) is 5.91 Å². The van der Waals surface area contributed by atoms with Crippen LogP contribution in [0.3, 0.4) is 0 Å². The average molecular weight is 440 g/mol. The molecule has 2 N–H and O–H groups in total. The van der Waals surface area contributed by atoms with Crippen molar-refractivity contribution in [1.29, 1.82) is 0 Å². The molecule has 1 saturated heterocycles. The van der Waals surface area contributed by atoms with Gasteiger partial charge in [0.05, 0.1) is 0 Å². The van der Waals surface area contributed by atoms with Crippen molar-refractivity contribution in [2.24, 2.45) is 0 Å². The second-order valence-electron chi connectivity index (χ2n) is 8.81. The first-order valence-corrected chi connectivity index (χ1v) is 11.6. The van der Waals surface area contributed by atoms with Gasteiger partial charge in [-0.3, -0.25) is 14.9 Å². The van der Waals surface area contributed by atoms with Gasteiger partial charge < -0.3 is 4.57 Å². The maximum Gasteiger partial charge on any atom is 0.265 e. The first-order chi connectivity index (χ1) is 16.2. The fourth-order valence-corrected chi connectivity index (χ4v) is 5.20. The molecule has 0 aliphatic carbocycles. The number of hydrogen-bond acceptors (Lipinski definition) is 3. The predicted molar refractivity (Wildman–Crippen MR) is 130 cm³/mol. The molecule has 4 aromatic rings. The van der Waals surface area contributed by atoms with E-state index >= 15 is 0 Å². The number of hydroxylamine groups is 1. The molecule has 0 radical (unpaired) electrons. The molecule has 33 heavy (non-hydrogen) atoms. The van der Waals surface area contributed by atoms with Crippen LogP contribution in [0.15, 0.2) is 91.1 Å². The molecular formula is C28H29N3O2. The van der Waals surface area contributed by atoms with Gasteiger partial charge in [0, 0.05) is 23.6 Å². The monoisotopic (exact) mass is 439 g/mol. The van der Waals surface area contributed by atoms with Gasteiger partial charge in [-0.05, 0) is 54.6 Å². The summed E-state index contributed by atoms with van der Waals surface area (Å²) in [6, 6.07) is 28.4. The molecular weight excluding hydrogens is 410 g/mol. The Bertz CT molecular complexity index is 1210. The Balaban J connectivity index is 1.38. The number of likely N-dealkylation sites (tertiary alicyclic amines) is 1. The predicted octanol–water partition coefficient (Wildman–Crippen LogP) is 5.12. The maximum absolute atomic E-state index is 12.5. The molecule has 0 saturated carbocycles. The van der Waals surface area contributed by atoms with Gasteiger partial charge in [0.25, 0.3) is 5.91 Å². The van der Waals surface area contributed by atoms with E-state index in [1.165, 1.54) is 22.0 Å². The van der Waals surface area contributed by atoms with Gasteiger partial charge in [-0.15, -0.1) is 0 Å². The lowest BCUT2D eigenvalue weighted by Gasteiger charge is -2.36. The minimum Gasteiger partial charge on any atom is -0.343 e. The van der Waals surface area contributed by atoms with E-state index < -0.39 is 6.04 Å². The molecule has 1 unspecified atom stereocenters. The Labute approximate surface area is 194 Å². The third-order valence-corrected chi connectivity index (χ3v) is 6.82. The van der Waals surface area contributed by atoms with E-state index in [1.807, 2.05) is 35.8 Å². The molecule has 3 aromatic carbocycles. The smallest absolute Gasteiger partial charge is 0.265 e. The van der Waals surface area contributed by atoms with Crippen LogP contribution in [-0.2, 0) is 11.3 Å². The van der Waals surface area contributed by atoms with Crippen molar-refractivity contribution in [2.45, 2.75) is 31.3 Å². The van der Waals surface area contributed by atoms with Crippen LogP contribution >= 0.6 is 0 Å². The Morgan fingerprint density at radius 1 is 0.909 bits per heavy atom. The summed E-state index contributed by atoms with van der Waals surface area (Å²) in [5.74, 6) is 0.0656. The SMILES string of the molecule is O=C(NO)C(c1ccccc1)N1CCC(c2cn(Cc3ccccc3)c3ccccc23)CC1. The number of aromatic nitrogens is 1. The fraction of sp³-hybridized carbons (Fsp3) is 0.250. The number of fused-ring (bicyclic) bond motifs is 1. The van der Waals surface area contributed by atoms with E-state index in [2.05, 4.69) is 70.3 Å². The number of carbonyl (C=O) groups excluding carboxylic acids is 1. The number of benzene rings is 3. The van der Waals surface area contributed by atoms with Crippen molar-refractivity contribution < 1.29 is 10.0 Å². The van der Waals surface area contributed by atoms with Gasteiger partial charge in [0.1, 0.15) is 6.04 Å². The van der Waals surface area contributed by atoms with Gasteiger partial charge in [0.2, 0.25) is 0 Å². The lowest BCUT2D eigenvalue weighted by Crippen LogP contribution is -2.43. The molecule has 2 heterocycles. The minimum atomic E-state index is -0.475. The highest BCUT2D eigenvalue weighted by atomic mass is 16.5. The Kier molecular flexibility index (Phi) is 6.24. The molecule has 168 valence electrons. The standard InChI is InChI=1S/C28H29N3O2/c32-28(29-33)27(23-11-5-2-6-12-23)30-17-15-22(16-18-30)25-20-31(19-21-9-3-1-4-10-21)26-14-8-7-13-24(25)26/h1-14,20,22,27,33H,15-19H2,(H,29,32). The van der Waals surface area contributed by atoms with Gasteiger partial charge >= 0.3 is 0 Å². The molecule has 0 spiro atoms. The molecule has 5 nitrogen and oxygen atoms in total.